The molecular formula is C14H24N2O4. The fourth-order valence-electron chi connectivity index (χ4n) is 3.08. The minimum atomic E-state index is -0.956. The molecule has 1 heterocycles. The molecule has 0 spiro atoms. The van der Waals surface area contributed by atoms with E-state index in [2.05, 4.69) is 5.32 Å². The fourth-order valence-corrected chi connectivity index (χ4v) is 3.08. The van der Waals surface area contributed by atoms with E-state index in [1.807, 2.05) is 6.92 Å². The van der Waals surface area contributed by atoms with Gasteiger partial charge in [0.15, 0.2) is 0 Å². The van der Waals surface area contributed by atoms with Gasteiger partial charge in [0.05, 0.1) is 18.8 Å². The number of carbonyl (C=O) groups excluding carboxylic acids is 1. The van der Waals surface area contributed by atoms with Crippen LogP contribution in [-0.4, -0.2) is 53.3 Å². The number of carboxylic acids is 1. The number of aliphatic carboxylic acids is 1. The number of nitrogens with one attached hydrogen (secondary N) is 1. The van der Waals surface area contributed by atoms with Crippen LogP contribution in [0, 0.1) is 0 Å². The Morgan fingerprint density at radius 1 is 1.45 bits per heavy atom. The van der Waals surface area contributed by atoms with Crippen LogP contribution in [0.3, 0.4) is 0 Å². The summed E-state index contributed by atoms with van der Waals surface area (Å²) in [6.07, 6.45) is 5.34. The molecule has 6 heteroatoms. The van der Waals surface area contributed by atoms with E-state index in [4.69, 9.17) is 4.74 Å². The molecule has 0 bridgehead atoms. The van der Waals surface area contributed by atoms with Gasteiger partial charge in [0, 0.05) is 6.54 Å². The summed E-state index contributed by atoms with van der Waals surface area (Å²) in [5.41, 5.74) is 0. The summed E-state index contributed by atoms with van der Waals surface area (Å²) in [6, 6.07) is -0.928. The van der Waals surface area contributed by atoms with Crippen molar-refractivity contribution in [3.63, 3.8) is 0 Å². The van der Waals surface area contributed by atoms with Crippen LogP contribution in [0.1, 0.15) is 45.4 Å². The summed E-state index contributed by atoms with van der Waals surface area (Å²) in [7, 11) is 0. The normalized spacial score (nSPS) is 26.9. The number of fused-ring (bicyclic) bond motifs is 1. The zero-order chi connectivity index (χ0) is 14.5. The summed E-state index contributed by atoms with van der Waals surface area (Å²) in [4.78, 5) is 25.3. The SMILES string of the molecule is CCCC[C@H](NC(=O)N1CCOC2CCCC21)C(=O)O. The van der Waals surface area contributed by atoms with Gasteiger partial charge < -0.3 is 20.1 Å². The lowest BCUT2D eigenvalue weighted by Crippen LogP contribution is -2.57. The third-order valence-corrected chi connectivity index (χ3v) is 4.19. The van der Waals surface area contributed by atoms with Gasteiger partial charge in [0.25, 0.3) is 0 Å². The zero-order valence-electron chi connectivity index (χ0n) is 12.0. The van der Waals surface area contributed by atoms with Crippen LogP contribution in [0.15, 0.2) is 0 Å². The zero-order valence-corrected chi connectivity index (χ0v) is 12.0. The molecule has 1 saturated heterocycles. The topological polar surface area (TPSA) is 78.9 Å². The first kappa shape index (κ1) is 15.1. The smallest absolute Gasteiger partial charge is 0.326 e. The lowest BCUT2D eigenvalue weighted by atomic mass is 10.1. The number of carbonyl (C=O) groups is 2. The molecule has 6 nitrogen and oxygen atoms in total. The van der Waals surface area contributed by atoms with Gasteiger partial charge in [-0.05, 0) is 25.7 Å². The van der Waals surface area contributed by atoms with E-state index in [1.54, 1.807) is 4.90 Å². The number of urea groups is 1. The van der Waals surface area contributed by atoms with Gasteiger partial charge in [-0.3, -0.25) is 0 Å². The van der Waals surface area contributed by atoms with E-state index in [0.717, 1.165) is 32.1 Å². The molecule has 2 amide bonds. The standard InChI is InChI=1S/C14H24N2O4/c1-2-3-5-10(13(17)18)15-14(19)16-8-9-20-12-7-4-6-11(12)16/h10-12H,2-9H2,1H3,(H,15,19)(H,17,18)/t10-,11?,12?/m0/s1. The van der Waals surface area contributed by atoms with Crippen molar-refractivity contribution in [1.82, 2.24) is 10.2 Å². The van der Waals surface area contributed by atoms with Crippen molar-refractivity contribution >= 4 is 12.0 Å². The molecule has 2 N–H and O–H groups in total. The molecule has 20 heavy (non-hydrogen) atoms. The molecule has 2 unspecified atom stereocenters. The van der Waals surface area contributed by atoms with E-state index in [1.165, 1.54) is 0 Å². The molecule has 0 aromatic carbocycles. The Kier molecular flexibility index (Phi) is 5.23. The highest BCUT2D eigenvalue weighted by molar-refractivity contribution is 5.82. The number of amides is 2. The molecule has 1 saturated carbocycles. The highest BCUT2D eigenvalue weighted by Gasteiger charge is 2.39. The summed E-state index contributed by atoms with van der Waals surface area (Å²) in [5, 5.41) is 11.8. The van der Waals surface area contributed by atoms with E-state index in [0.29, 0.717) is 19.6 Å². The lowest BCUT2D eigenvalue weighted by molar-refractivity contribution is -0.139. The van der Waals surface area contributed by atoms with Crippen molar-refractivity contribution in [2.45, 2.75) is 63.6 Å². The molecule has 0 aromatic rings. The summed E-state index contributed by atoms with van der Waals surface area (Å²) < 4.78 is 5.66. The number of unbranched alkanes of at least 4 members (excludes halogenated alkanes) is 1. The molecule has 2 aliphatic rings. The first-order valence-corrected chi connectivity index (χ1v) is 7.55. The predicted molar refractivity (Wildman–Crippen MR) is 73.6 cm³/mol. The second kappa shape index (κ2) is 6.92. The largest absolute Gasteiger partial charge is 0.480 e. The van der Waals surface area contributed by atoms with Crippen LogP contribution >= 0.6 is 0 Å². The molecule has 2 fully saturated rings. The Bertz CT molecular complexity index is 361. The van der Waals surface area contributed by atoms with Crippen molar-refractivity contribution in [1.29, 1.82) is 0 Å². The molecule has 114 valence electrons. The molecule has 3 atom stereocenters. The highest BCUT2D eigenvalue weighted by Crippen LogP contribution is 2.29. The number of hydrogen-bond donors (Lipinski definition) is 2. The average molecular weight is 284 g/mol. The van der Waals surface area contributed by atoms with Crippen LogP contribution in [-0.2, 0) is 9.53 Å². The minimum absolute atomic E-state index is 0.115. The maximum atomic E-state index is 12.3. The van der Waals surface area contributed by atoms with Crippen molar-refractivity contribution in [2.75, 3.05) is 13.2 Å². The summed E-state index contributed by atoms with van der Waals surface area (Å²) >= 11 is 0. The molecular weight excluding hydrogens is 260 g/mol. The predicted octanol–water partition coefficient (Wildman–Crippen LogP) is 1.59. The van der Waals surface area contributed by atoms with Gasteiger partial charge >= 0.3 is 12.0 Å². The average Bonchev–Trinajstić information content (AvgIpc) is 2.90. The number of morpholine rings is 1. The van der Waals surface area contributed by atoms with Gasteiger partial charge in [0.2, 0.25) is 0 Å². The van der Waals surface area contributed by atoms with Gasteiger partial charge in [-0.25, -0.2) is 9.59 Å². The number of ether oxygens (including phenoxy) is 1. The number of carboxylic acid groups (broad SMARTS) is 1. The minimum Gasteiger partial charge on any atom is -0.480 e. The Morgan fingerprint density at radius 2 is 2.25 bits per heavy atom. The van der Waals surface area contributed by atoms with Crippen LogP contribution in [0.4, 0.5) is 4.79 Å². The Morgan fingerprint density at radius 3 is 2.95 bits per heavy atom. The van der Waals surface area contributed by atoms with Crippen LogP contribution in [0.25, 0.3) is 0 Å². The maximum absolute atomic E-state index is 12.3. The van der Waals surface area contributed by atoms with Gasteiger partial charge in [-0.1, -0.05) is 19.8 Å². The molecule has 0 radical (unpaired) electrons. The quantitative estimate of drug-likeness (QED) is 0.803. The van der Waals surface area contributed by atoms with Gasteiger partial charge in [-0.2, -0.15) is 0 Å². The van der Waals surface area contributed by atoms with Crippen molar-refractivity contribution < 1.29 is 19.4 Å². The van der Waals surface area contributed by atoms with Crippen molar-refractivity contribution in [3.8, 4) is 0 Å². The second-order valence-electron chi connectivity index (χ2n) is 5.58. The molecule has 2 rings (SSSR count). The first-order valence-electron chi connectivity index (χ1n) is 7.55. The monoisotopic (exact) mass is 284 g/mol. The number of rotatable bonds is 5. The van der Waals surface area contributed by atoms with E-state index in [9.17, 15) is 14.7 Å². The third-order valence-electron chi connectivity index (χ3n) is 4.19. The van der Waals surface area contributed by atoms with E-state index >= 15 is 0 Å². The molecule has 0 aromatic heterocycles. The Balaban J connectivity index is 1.93. The lowest BCUT2D eigenvalue weighted by Gasteiger charge is -2.38. The molecule has 1 aliphatic heterocycles. The first-order chi connectivity index (χ1) is 9.63. The highest BCUT2D eigenvalue weighted by atomic mass is 16.5. The Labute approximate surface area is 119 Å². The van der Waals surface area contributed by atoms with Crippen molar-refractivity contribution in [2.24, 2.45) is 0 Å². The number of nitrogens with zero attached hydrogens (tertiary/aromatic N) is 1. The Hall–Kier alpha value is -1.30. The summed E-state index contributed by atoms with van der Waals surface area (Å²) in [6.45, 7) is 3.10. The van der Waals surface area contributed by atoms with Crippen LogP contribution < -0.4 is 5.32 Å². The summed E-state index contributed by atoms with van der Waals surface area (Å²) in [5.74, 6) is -0.956. The van der Waals surface area contributed by atoms with Gasteiger partial charge in [-0.15, -0.1) is 0 Å². The van der Waals surface area contributed by atoms with Crippen LogP contribution in [0.2, 0.25) is 0 Å². The van der Waals surface area contributed by atoms with Gasteiger partial charge in [0.1, 0.15) is 6.04 Å². The third kappa shape index (κ3) is 3.42. The second-order valence-corrected chi connectivity index (χ2v) is 5.58. The maximum Gasteiger partial charge on any atom is 0.326 e. The molecule has 1 aliphatic carbocycles. The van der Waals surface area contributed by atoms with E-state index in [-0.39, 0.29) is 18.2 Å². The number of hydrogen-bond acceptors (Lipinski definition) is 3. The van der Waals surface area contributed by atoms with Crippen molar-refractivity contribution in [3.05, 3.63) is 0 Å². The van der Waals surface area contributed by atoms with Crippen LogP contribution in [0.5, 0.6) is 0 Å². The van der Waals surface area contributed by atoms with E-state index < -0.39 is 12.0 Å². The fraction of sp³-hybridized carbons (Fsp3) is 0.857.